The summed E-state index contributed by atoms with van der Waals surface area (Å²) >= 11 is 0. The van der Waals surface area contributed by atoms with Crippen molar-refractivity contribution in [2.24, 2.45) is 5.73 Å². The molecule has 1 aliphatic rings. The van der Waals surface area contributed by atoms with Crippen LogP contribution < -0.4 is 5.73 Å². The first-order valence-corrected chi connectivity index (χ1v) is 6.53. The van der Waals surface area contributed by atoms with Crippen molar-refractivity contribution >= 4 is 11.9 Å². The predicted molar refractivity (Wildman–Crippen MR) is 68.2 cm³/mol. The third-order valence-corrected chi connectivity index (χ3v) is 3.18. The van der Waals surface area contributed by atoms with Crippen LogP contribution >= 0.6 is 0 Å². The number of carbonyl (C=O) groups excluding carboxylic acids is 1. The SMILES string of the molecule is CCC[C@@H](N)C(=O)N1CCCN(CC(=O)O)CC1. The minimum atomic E-state index is -0.822. The summed E-state index contributed by atoms with van der Waals surface area (Å²) in [6.45, 7) is 4.62. The van der Waals surface area contributed by atoms with Crippen LogP contribution in [0.2, 0.25) is 0 Å². The average Bonchev–Trinajstić information content (AvgIpc) is 2.53. The Morgan fingerprint density at radius 2 is 2.00 bits per heavy atom. The highest BCUT2D eigenvalue weighted by atomic mass is 16.4. The Morgan fingerprint density at radius 3 is 2.61 bits per heavy atom. The van der Waals surface area contributed by atoms with Crippen LogP contribution in [0.15, 0.2) is 0 Å². The fourth-order valence-electron chi connectivity index (χ4n) is 2.21. The van der Waals surface area contributed by atoms with Gasteiger partial charge in [-0.25, -0.2) is 0 Å². The van der Waals surface area contributed by atoms with Gasteiger partial charge in [0.15, 0.2) is 0 Å². The molecule has 0 spiro atoms. The van der Waals surface area contributed by atoms with E-state index in [1.54, 1.807) is 4.90 Å². The van der Waals surface area contributed by atoms with Gasteiger partial charge in [0.1, 0.15) is 0 Å². The molecule has 1 aliphatic heterocycles. The van der Waals surface area contributed by atoms with Gasteiger partial charge >= 0.3 is 5.97 Å². The monoisotopic (exact) mass is 257 g/mol. The Kier molecular flexibility index (Phi) is 6.07. The van der Waals surface area contributed by atoms with Crippen LogP contribution in [0, 0.1) is 0 Å². The Balaban J connectivity index is 2.46. The van der Waals surface area contributed by atoms with E-state index in [2.05, 4.69) is 0 Å². The molecule has 1 rings (SSSR count). The molecule has 0 bridgehead atoms. The first-order valence-electron chi connectivity index (χ1n) is 6.53. The molecule has 0 aromatic rings. The van der Waals surface area contributed by atoms with Crippen molar-refractivity contribution in [3.63, 3.8) is 0 Å². The van der Waals surface area contributed by atoms with Crippen LogP contribution in [-0.4, -0.2) is 65.5 Å². The standard InChI is InChI=1S/C12H23N3O3/c1-2-4-10(13)12(18)15-6-3-5-14(7-8-15)9-11(16)17/h10H,2-9,13H2,1H3,(H,16,17)/t10-/m1/s1. The number of carbonyl (C=O) groups is 2. The number of amides is 1. The summed E-state index contributed by atoms with van der Waals surface area (Å²) in [4.78, 5) is 26.3. The smallest absolute Gasteiger partial charge is 0.317 e. The predicted octanol–water partition coefficient (Wildman–Crippen LogP) is -0.267. The Bertz CT molecular complexity index is 296. The van der Waals surface area contributed by atoms with Crippen molar-refractivity contribution in [1.29, 1.82) is 0 Å². The van der Waals surface area contributed by atoms with Crippen LogP contribution in [0.4, 0.5) is 0 Å². The van der Waals surface area contributed by atoms with Gasteiger partial charge in [-0.3, -0.25) is 14.5 Å². The van der Waals surface area contributed by atoms with Crippen molar-refractivity contribution in [2.75, 3.05) is 32.7 Å². The molecule has 1 heterocycles. The van der Waals surface area contributed by atoms with E-state index in [1.165, 1.54) is 0 Å². The maximum Gasteiger partial charge on any atom is 0.317 e. The van der Waals surface area contributed by atoms with Gasteiger partial charge in [-0.15, -0.1) is 0 Å². The number of hydrogen-bond acceptors (Lipinski definition) is 4. The fraction of sp³-hybridized carbons (Fsp3) is 0.833. The molecule has 0 radical (unpaired) electrons. The summed E-state index contributed by atoms with van der Waals surface area (Å²) in [5.74, 6) is -0.827. The highest BCUT2D eigenvalue weighted by molar-refractivity contribution is 5.81. The van der Waals surface area contributed by atoms with Gasteiger partial charge in [0, 0.05) is 26.2 Å². The second-order valence-electron chi connectivity index (χ2n) is 4.74. The van der Waals surface area contributed by atoms with Gasteiger partial charge in [-0.05, 0) is 12.8 Å². The molecule has 18 heavy (non-hydrogen) atoms. The Labute approximate surface area is 108 Å². The number of aliphatic carboxylic acids is 1. The molecule has 1 amide bonds. The van der Waals surface area contributed by atoms with Crippen LogP contribution in [0.5, 0.6) is 0 Å². The maximum atomic E-state index is 12.0. The molecule has 0 saturated carbocycles. The van der Waals surface area contributed by atoms with Gasteiger partial charge in [0.2, 0.25) is 5.91 Å². The van der Waals surface area contributed by atoms with Gasteiger partial charge in [0.05, 0.1) is 12.6 Å². The number of carboxylic acid groups (broad SMARTS) is 1. The summed E-state index contributed by atoms with van der Waals surface area (Å²) in [5, 5.41) is 8.75. The number of hydrogen-bond donors (Lipinski definition) is 2. The average molecular weight is 257 g/mol. The second-order valence-corrected chi connectivity index (χ2v) is 4.74. The van der Waals surface area contributed by atoms with E-state index in [4.69, 9.17) is 10.8 Å². The molecule has 0 aliphatic carbocycles. The molecular formula is C12H23N3O3. The number of nitrogens with two attached hydrogens (primary N) is 1. The maximum absolute atomic E-state index is 12.0. The summed E-state index contributed by atoms with van der Waals surface area (Å²) in [7, 11) is 0. The molecule has 0 aromatic heterocycles. The number of nitrogens with zero attached hydrogens (tertiary/aromatic N) is 2. The largest absolute Gasteiger partial charge is 0.480 e. The molecule has 1 saturated heterocycles. The molecule has 6 nitrogen and oxygen atoms in total. The van der Waals surface area contributed by atoms with Crippen molar-refractivity contribution in [3.05, 3.63) is 0 Å². The molecule has 0 aromatic carbocycles. The topological polar surface area (TPSA) is 86.9 Å². The van der Waals surface area contributed by atoms with Crippen molar-refractivity contribution < 1.29 is 14.7 Å². The summed E-state index contributed by atoms with van der Waals surface area (Å²) in [5.41, 5.74) is 5.83. The minimum absolute atomic E-state index is 0.00553. The zero-order valence-electron chi connectivity index (χ0n) is 11.0. The molecule has 0 unspecified atom stereocenters. The van der Waals surface area contributed by atoms with Crippen molar-refractivity contribution in [1.82, 2.24) is 9.80 Å². The quantitative estimate of drug-likeness (QED) is 0.708. The second kappa shape index (κ2) is 7.33. The van der Waals surface area contributed by atoms with E-state index in [0.29, 0.717) is 26.1 Å². The van der Waals surface area contributed by atoms with Crippen LogP contribution in [0.1, 0.15) is 26.2 Å². The lowest BCUT2D eigenvalue weighted by Crippen LogP contribution is -2.45. The molecule has 6 heteroatoms. The van der Waals surface area contributed by atoms with Crippen molar-refractivity contribution in [3.8, 4) is 0 Å². The minimum Gasteiger partial charge on any atom is -0.480 e. The Morgan fingerprint density at radius 1 is 1.28 bits per heavy atom. The highest BCUT2D eigenvalue weighted by Crippen LogP contribution is 2.06. The molecule has 3 N–H and O–H groups in total. The Hall–Kier alpha value is -1.14. The lowest BCUT2D eigenvalue weighted by atomic mass is 10.1. The first-order chi connectivity index (χ1) is 8.54. The van der Waals surface area contributed by atoms with Gasteiger partial charge < -0.3 is 15.7 Å². The highest BCUT2D eigenvalue weighted by Gasteiger charge is 2.23. The molecule has 104 valence electrons. The number of rotatable bonds is 5. The molecule has 1 atom stereocenters. The van der Waals surface area contributed by atoms with Crippen LogP contribution in [-0.2, 0) is 9.59 Å². The van der Waals surface area contributed by atoms with Gasteiger partial charge in [-0.1, -0.05) is 13.3 Å². The third-order valence-electron chi connectivity index (χ3n) is 3.18. The van der Waals surface area contributed by atoms with Crippen LogP contribution in [0.25, 0.3) is 0 Å². The van der Waals surface area contributed by atoms with E-state index in [0.717, 1.165) is 19.4 Å². The summed E-state index contributed by atoms with van der Waals surface area (Å²) in [6, 6.07) is -0.416. The molecular weight excluding hydrogens is 234 g/mol. The fourth-order valence-corrected chi connectivity index (χ4v) is 2.21. The molecule has 1 fully saturated rings. The van der Waals surface area contributed by atoms with Crippen LogP contribution in [0.3, 0.4) is 0 Å². The summed E-state index contributed by atoms with van der Waals surface area (Å²) < 4.78 is 0. The van der Waals surface area contributed by atoms with Crippen molar-refractivity contribution in [2.45, 2.75) is 32.2 Å². The lowest BCUT2D eigenvalue weighted by molar-refractivity contribution is -0.138. The third kappa shape index (κ3) is 4.62. The zero-order chi connectivity index (χ0) is 13.5. The zero-order valence-corrected chi connectivity index (χ0v) is 11.0. The number of carboxylic acids is 1. The normalized spacial score (nSPS) is 19.3. The summed E-state index contributed by atoms with van der Waals surface area (Å²) in [6.07, 6.45) is 2.40. The van der Waals surface area contributed by atoms with E-state index in [9.17, 15) is 9.59 Å². The first kappa shape index (κ1) is 14.9. The van der Waals surface area contributed by atoms with Gasteiger partial charge in [-0.2, -0.15) is 0 Å². The van der Waals surface area contributed by atoms with Gasteiger partial charge in [0.25, 0.3) is 0 Å². The lowest BCUT2D eigenvalue weighted by Gasteiger charge is -2.24. The van der Waals surface area contributed by atoms with E-state index < -0.39 is 12.0 Å². The van der Waals surface area contributed by atoms with E-state index in [-0.39, 0.29) is 12.5 Å². The van der Waals surface area contributed by atoms with E-state index >= 15 is 0 Å². The van der Waals surface area contributed by atoms with E-state index in [1.807, 2.05) is 11.8 Å².